The van der Waals surface area contributed by atoms with E-state index in [1.807, 2.05) is 42.8 Å². The second-order valence-electron chi connectivity index (χ2n) is 3.83. The summed E-state index contributed by atoms with van der Waals surface area (Å²) < 4.78 is 15.1. The molecule has 0 aliphatic carbocycles. The summed E-state index contributed by atoms with van der Waals surface area (Å²) in [6, 6.07) is 6.64. The van der Waals surface area contributed by atoms with E-state index in [1.54, 1.807) is 6.07 Å². The van der Waals surface area contributed by atoms with E-state index >= 15 is 0 Å². The highest BCUT2D eigenvalue weighted by atomic mass is 35.5. The van der Waals surface area contributed by atoms with Crippen LogP contribution in [0.15, 0.2) is 47.6 Å². The van der Waals surface area contributed by atoms with E-state index in [0.717, 1.165) is 16.6 Å². The molecule has 0 aliphatic heterocycles. The van der Waals surface area contributed by atoms with Crippen LogP contribution < -0.4 is 0 Å². The molecule has 0 unspecified atom stereocenters. The van der Waals surface area contributed by atoms with Crippen molar-refractivity contribution in [3.8, 4) is 0 Å². The molecule has 3 heteroatoms. The molecule has 0 bridgehead atoms. The number of halogens is 2. The van der Waals surface area contributed by atoms with E-state index < -0.39 is 0 Å². The number of benzene rings is 1. The third kappa shape index (κ3) is 2.42. The molecule has 17 heavy (non-hydrogen) atoms. The largest absolute Gasteiger partial charge is 0.317 e. The monoisotopic (exact) mass is 249 g/mol. The van der Waals surface area contributed by atoms with Gasteiger partial charge in [0.1, 0.15) is 5.82 Å². The first-order valence-corrected chi connectivity index (χ1v) is 5.76. The predicted molar refractivity (Wildman–Crippen MR) is 71.5 cm³/mol. The number of aromatic nitrogens is 1. The Balaban J connectivity index is 2.60. The number of hydrogen-bond donors (Lipinski definition) is 0. The molecule has 2 rings (SSSR count). The summed E-state index contributed by atoms with van der Waals surface area (Å²) in [4.78, 5) is 0. The molecular weight excluding hydrogens is 237 g/mol. The van der Waals surface area contributed by atoms with Crippen molar-refractivity contribution in [3.05, 3.63) is 53.5 Å². The van der Waals surface area contributed by atoms with Gasteiger partial charge in [-0.3, -0.25) is 0 Å². The number of fused-ring (bicyclic) bond motifs is 1. The van der Waals surface area contributed by atoms with Gasteiger partial charge in [0.15, 0.2) is 0 Å². The highest BCUT2D eigenvalue weighted by molar-refractivity contribution is 6.29. The number of allylic oxidation sites excluding steroid dienone is 4. The zero-order valence-electron chi connectivity index (χ0n) is 9.74. The Labute approximate surface area is 105 Å². The van der Waals surface area contributed by atoms with Crippen molar-refractivity contribution in [1.29, 1.82) is 0 Å². The van der Waals surface area contributed by atoms with Crippen LogP contribution >= 0.6 is 11.6 Å². The lowest BCUT2D eigenvalue weighted by molar-refractivity contribution is 0.629. The van der Waals surface area contributed by atoms with Gasteiger partial charge in [0, 0.05) is 22.3 Å². The molecule has 0 fully saturated rings. The molecule has 1 nitrogen and oxygen atoms in total. The SMILES string of the molecule is C/C=C(\C=C(/C)Cl)n1ccc2cc(F)ccc21. The molecule has 1 heterocycles. The van der Waals surface area contributed by atoms with Crippen molar-refractivity contribution < 1.29 is 4.39 Å². The molecular formula is C14H13ClFN. The molecule has 0 saturated heterocycles. The average molecular weight is 250 g/mol. The van der Waals surface area contributed by atoms with Gasteiger partial charge in [-0.25, -0.2) is 4.39 Å². The number of hydrogen-bond acceptors (Lipinski definition) is 0. The molecule has 0 amide bonds. The summed E-state index contributed by atoms with van der Waals surface area (Å²) in [6.07, 6.45) is 5.76. The first kappa shape index (κ1) is 11.9. The second-order valence-corrected chi connectivity index (χ2v) is 4.43. The van der Waals surface area contributed by atoms with Crippen molar-refractivity contribution in [2.24, 2.45) is 0 Å². The minimum atomic E-state index is -0.221. The van der Waals surface area contributed by atoms with Crippen LogP contribution in [-0.4, -0.2) is 4.57 Å². The van der Waals surface area contributed by atoms with Crippen LogP contribution in [0.3, 0.4) is 0 Å². The minimum Gasteiger partial charge on any atom is -0.317 e. The van der Waals surface area contributed by atoms with Crippen LogP contribution in [-0.2, 0) is 0 Å². The predicted octanol–water partition coefficient (Wildman–Crippen LogP) is 4.78. The zero-order chi connectivity index (χ0) is 12.4. The lowest BCUT2D eigenvalue weighted by atomic mass is 10.2. The molecule has 0 N–H and O–H groups in total. The quantitative estimate of drug-likeness (QED) is 0.675. The maximum Gasteiger partial charge on any atom is 0.123 e. The fourth-order valence-corrected chi connectivity index (χ4v) is 1.95. The molecule has 0 radical (unpaired) electrons. The third-order valence-corrected chi connectivity index (χ3v) is 2.68. The van der Waals surface area contributed by atoms with Crippen LogP contribution in [0.25, 0.3) is 16.6 Å². The van der Waals surface area contributed by atoms with Gasteiger partial charge in [-0.2, -0.15) is 0 Å². The van der Waals surface area contributed by atoms with E-state index in [-0.39, 0.29) is 5.82 Å². The molecule has 0 spiro atoms. The lowest BCUT2D eigenvalue weighted by Gasteiger charge is -2.06. The summed E-state index contributed by atoms with van der Waals surface area (Å²) in [7, 11) is 0. The van der Waals surface area contributed by atoms with Gasteiger partial charge in [-0.1, -0.05) is 17.7 Å². The third-order valence-electron chi connectivity index (χ3n) is 2.57. The van der Waals surface area contributed by atoms with E-state index in [2.05, 4.69) is 0 Å². The summed E-state index contributed by atoms with van der Waals surface area (Å²) in [5.41, 5.74) is 1.94. The fraction of sp³-hybridized carbons (Fsp3) is 0.143. The Morgan fingerprint density at radius 3 is 2.76 bits per heavy atom. The Hall–Kier alpha value is -1.54. The van der Waals surface area contributed by atoms with Crippen LogP contribution in [0.2, 0.25) is 0 Å². The smallest absolute Gasteiger partial charge is 0.123 e. The fourth-order valence-electron chi connectivity index (χ4n) is 1.83. The number of nitrogens with zero attached hydrogens (tertiary/aromatic N) is 1. The van der Waals surface area contributed by atoms with Gasteiger partial charge >= 0.3 is 0 Å². The molecule has 1 aromatic heterocycles. The van der Waals surface area contributed by atoms with Crippen LogP contribution in [0.4, 0.5) is 4.39 Å². The molecule has 1 aromatic carbocycles. The van der Waals surface area contributed by atoms with Gasteiger partial charge in [0.25, 0.3) is 0 Å². The topological polar surface area (TPSA) is 4.93 Å². The number of rotatable bonds is 2. The standard InChI is InChI=1S/C14H13ClFN/c1-3-13(8-10(2)15)17-7-6-11-9-12(16)4-5-14(11)17/h3-9H,1-2H3/b10-8+,13-3+. The van der Waals surface area contributed by atoms with Gasteiger partial charge in [-0.15, -0.1) is 0 Å². The Bertz CT molecular complexity index is 604. The van der Waals surface area contributed by atoms with E-state index in [1.165, 1.54) is 12.1 Å². The molecule has 0 aliphatic rings. The van der Waals surface area contributed by atoms with Gasteiger partial charge in [0.2, 0.25) is 0 Å². The maximum atomic E-state index is 13.1. The van der Waals surface area contributed by atoms with E-state index in [0.29, 0.717) is 5.03 Å². The van der Waals surface area contributed by atoms with Crippen molar-refractivity contribution >= 4 is 28.2 Å². The lowest BCUT2D eigenvalue weighted by Crippen LogP contribution is -1.92. The average Bonchev–Trinajstić information content (AvgIpc) is 2.68. The van der Waals surface area contributed by atoms with Gasteiger partial charge in [0.05, 0.1) is 5.52 Å². The summed E-state index contributed by atoms with van der Waals surface area (Å²) >= 11 is 5.89. The Kier molecular flexibility index (Phi) is 3.34. The molecule has 0 atom stereocenters. The highest BCUT2D eigenvalue weighted by Crippen LogP contribution is 2.22. The van der Waals surface area contributed by atoms with Gasteiger partial charge in [-0.05, 0) is 44.2 Å². The van der Waals surface area contributed by atoms with E-state index in [4.69, 9.17) is 11.6 Å². The van der Waals surface area contributed by atoms with Crippen LogP contribution in [0, 0.1) is 5.82 Å². The van der Waals surface area contributed by atoms with Gasteiger partial charge < -0.3 is 4.57 Å². The Morgan fingerprint density at radius 2 is 2.12 bits per heavy atom. The summed E-state index contributed by atoms with van der Waals surface area (Å²) in [6.45, 7) is 3.78. The summed E-state index contributed by atoms with van der Waals surface area (Å²) in [5, 5.41) is 1.59. The second kappa shape index (κ2) is 4.76. The molecule has 2 aromatic rings. The van der Waals surface area contributed by atoms with Crippen molar-refractivity contribution in [1.82, 2.24) is 4.57 Å². The highest BCUT2D eigenvalue weighted by Gasteiger charge is 2.04. The van der Waals surface area contributed by atoms with Crippen molar-refractivity contribution in [2.45, 2.75) is 13.8 Å². The summed E-state index contributed by atoms with van der Waals surface area (Å²) in [5.74, 6) is -0.221. The Morgan fingerprint density at radius 1 is 1.35 bits per heavy atom. The van der Waals surface area contributed by atoms with E-state index in [9.17, 15) is 4.39 Å². The van der Waals surface area contributed by atoms with Crippen molar-refractivity contribution in [3.63, 3.8) is 0 Å². The zero-order valence-corrected chi connectivity index (χ0v) is 10.5. The molecule has 88 valence electrons. The van der Waals surface area contributed by atoms with Crippen molar-refractivity contribution in [2.75, 3.05) is 0 Å². The first-order valence-electron chi connectivity index (χ1n) is 5.39. The first-order chi connectivity index (χ1) is 8.11. The normalized spacial score (nSPS) is 13.4. The molecule has 0 saturated carbocycles. The van der Waals surface area contributed by atoms with Crippen LogP contribution in [0.5, 0.6) is 0 Å². The van der Waals surface area contributed by atoms with Crippen LogP contribution in [0.1, 0.15) is 13.8 Å². The minimum absolute atomic E-state index is 0.221. The maximum absolute atomic E-state index is 13.1.